The molecule has 0 saturated carbocycles. The monoisotopic (exact) mass is 244 g/mol. The van der Waals surface area contributed by atoms with E-state index < -0.39 is 5.97 Å². The van der Waals surface area contributed by atoms with Crippen molar-refractivity contribution in [3.05, 3.63) is 34.3 Å². The van der Waals surface area contributed by atoms with Crippen LogP contribution in [0, 0.1) is 0 Å². The van der Waals surface area contributed by atoms with E-state index in [9.17, 15) is 4.79 Å². The molecule has 1 rings (SSSR count). The van der Waals surface area contributed by atoms with Crippen LogP contribution in [0.4, 0.5) is 0 Å². The largest absolute Gasteiger partial charge is 0.478 e. The maximum Gasteiger partial charge on any atom is 0.337 e. The number of thioether (sulfide) groups is 1. The quantitative estimate of drug-likeness (QED) is 0.878. The van der Waals surface area contributed by atoms with Crippen LogP contribution in [0.1, 0.15) is 29.8 Å². The Hall–Kier alpha value is -0.670. The van der Waals surface area contributed by atoms with Gasteiger partial charge < -0.3 is 5.11 Å². The first-order chi connectivity index (χ1) is 7.00. The fourth-order valence-electron chi connectivity index (χ4n) is 1.08. The Labute approximate surface area is 98.6 Å². The molecule has 0 amide bonds. The molecule has 15 heavy (non-hydrogen) atoms. The first-order valence-corrected chi connectivity index (χ1v) is 6.06. The van der Waals surface area contributed by atoms with Crippen molar-refractivity contribution in [2.45, 2.75) is 24.9 Å². The Balaban J connectivity index is 2.78. The lowest BCUT2D eigenvalue weighted by Crippen LogP contribution is -1.98. The van der Waals surface area contributed by atoms with Crippen molar-refractivity contribution in [1.82, 2.24) is 0 Å². The number of rotatable bonds is 4. The van der Waals surface area contributed by atoms with Gasteiger partial charge in [-0.25, -0.2) is 4.79 Å². The number of carbonyl (C=O) groups is 1. The van der Waals surface area contributed by atoms with Gasteiger partial charge in [0.05, 0.1) is 10.6 Å². The topological polar surface area (TPSA) is 37.3 Å². The molecule has 0 radical (unpaired) electrons. The van der Waals surface area contributed by atoms with Gasteiger partial charge in [0.15, 0.2) is 0 Å². The van der Waals surface area contributed by atoms with Crippen molar-refractivity contribution in [3.8, 4) is 0 Å². The Morgan fingerprint density at radius 2 is 2.20 bits per heavy atom. The van der Waals surface area contributed by atoms with Crippen molar-refractivity contribution in [1.29, 1.82) is 0 Å². The molecule has 1 aromatic carbocycles. The summed E-state index contributed by atoms with van der Waals surface area (Å²) in [6, 6.07) is 5.09. The van der Waals surface area contributed by atoms with Crippen molar-refractivity contribution in [3.63, 3.8) is 0 Å². The van der Waals surface area contributed by atoms with E-state index in [2.05, 4.69) is 13.8 Å². The molecule has 0 aliphatic heterocycles. The predicted octanol–water partition coefficient (Wildman–Crippen LogP) is 3.68. The zero-order chi connectivity index (χ0) is 11.4. The fourth-order valence-corrected chi connectivity index (χ4v) is 2.07. The number of hydrogen-bond donors (Lipinski definition) is 1. The molecule has 0 aliphatic carbocycles. The van der Waals surface area contributed by atoms with Crippen LogP contribution in [0.3, 0.4) is 0 Å². The Morgan fingerprint density at radius 1 is 1.53 bits per heavy atom. The van der Waals surface area contributed by atoms with Gasteiger partial charge in [0, 0.05) is 5.75 Å². The van der Waals surface area contributed by atoms with Crippen LogP contribution >= 0.6 is 23.4 Å². The van der Waals surface area contributed by atoms with Gasteiger partial charge in [0.1, 0.15) is 0 Å². The minimum absolute atomic E-state index is 0.162. The van der Waals surface area contributed by atoms with E-state index in [0.29, 0.717) is 10.3 Å². The second-order valence-corrected chi connectivity index (χ2v) is 5.45. The Bertz CT molecular complexity index is 364. The molecule has 0 fully saturated rings. The molecule has 0 aromatic heterocycles. The summed E-state index contributed by atoms with van der Waals surface area (Å²) in [6.45, 7) is 4.25. The highest BCUT2D eigenvalue weighted by Gasteiger charge is 2.08. The zero-order valence-corrected chi connectivity index (χ0v) is 10.2. The lowest BCUT2D eigenvalue weighted by molar-refractivity contribution is 0.0697. The molecular formula is C11H13ClO2S. The summed E-state index contributed by atoms with van der Waals surface area (Å²) in [5, 5.41) is 9.65. The molecule has 4 heteroatoms. The molecule has 0 spiro atoms. The van der Waals surface area contributed by atoms with Gasteiger partial charge in [-0.05, 0) is 22.9 Å². The summed E-state index contributed by atoms with van der Waals surface area (Å²) in [5.41, 5.74) is 1.22. The third kappa shape index (κ3) is 3.76. The molecule has 0 aliphatic rings. The number of carboxylic acid groups (broad SMARTS) is 1. The van der Waals surface area contributed by atoms with Crippen LogP contribution < -0.4 is 0 Å². The van der Waals surface area contributed by atoms with E-state index in [1.165, 1.54) is 0 Å². The van der Waals surface area contributed by atoms with Crippen molar-refractivity contribution >= 4 is 29.3 Å². The van der Waals surface area contributed by atoms with E-state index in [4.69, 9.17) is 16.7 Å². The average Bonchev–Trinajstić information content (AvgIpc) is 2.14. The van der Waals surface area contributed by atoms with Gasteiger partial charge >= 0.3 is 5.97 Å². The summed E-state index contributed by atoms with van der Waals surface area (Å²) in [6.07, 6.45) is 0. The van der Waals surface area contributed by atoms with Gasteiger partial charge in [-0.15, -0.1) is 0 Å². The molecule has 0 bridgehead atoms. The smallest absolute Gasteiger partial charge is 0.337 e. The van der Waals surface area contributed by atoms with Gasteiger partial charge in [0.2, 0.25) is 0 Å². The maximum absolute atomic E-state index is 10.7. The van der Waals surface area contributed by atoms with Crippen LogP contribution in [0.15, 0.2) is 18.2 Å². The Kier molecular flexibility index (Phi) is 4.48. The van der Waals surface area contributed by atoms with E-state index in [1.54, 1.807) is 23.9 Å². The molecule has 0 saturated heterocycles. The van der Waals surface area contributed by atoms with Crippen molar-refractivity contribution in [2.75, 3.05) is 0 Å². The highest BCUT2D eigenvalue weighted by molar-refractivity contribution is 7.99. The predicted molar refractivity (Wildman–Crippen MR) is 64.8 cm³/mol. The van der Waals surface area contributed by atoms with Crippen LogP contribution in [0.5, 0.6) is 0 Å². The molecule has 2 nitrogen and oxygen atoms in total. The van der Waals surface area contributed by atoms with Crippen molar-refractivity contribution < 1.29 is 9.90 Å². The standard InChI is InChI=1S/C11H13ClO2S/c1-7(2)15-6-8-3-4-9(11(13)14)10(12)5-8/h3-5,7H,6H2,1-2H3,(H,13,14). The molecule has 0 atom stereocenters. The normalized spacial score (nSPS) is 10.7. The van der Waals surface area contributed by atoms with Crippen LogP contribution in [-0.2, 0) is 5.75 Å². The van der Waals surface area contributed by atoms with Gasteiger partial charge in [-0.2, -0.15) is 11.8 Å². The third-order valence-corrected chi connectivity index (χ3v) is 3.33. The van der Waals surface area contributed by atoms with E-state index in [1.807, 2.05) is 6.07 Å². The first kappa shape index (κ1) is 12.4. The number of halogens is 1. The number of benzene rings is 1. The van der Waals surface area contributed by atoms with E-state index in [-0.39, 0.29) is 5.56 Å². The first-order valence-electron chi connectivity index (χ1n) is 4.64. The van der Waals surface area contributed by atoms with Gasteiger partial charge in [-0.3, -0.25) is 0 Å². The van der Waals surface area contributed by atoms with Gasteiger partial charge in [0.25, 0.3) is 0 Å². The average molecular weight is 245 g/mol. The second kappa shape index (κ2) is 5.42. The fraction of sp³-hybridized carbons (Fsp3) is 0.364. The molecule has 0 unspecified atom stereocenters. The highest BCUT2D eigenvalue weighted by atomic mass is 35.5. The molecule has 82 valence electrons. The zero-order valence-electron chi connectivity index (χ0n) is 8.66. The Morgan fingerprint density at radius 3 is 2.67 bits per heavy atom. The minimum atomic E-state index is -0.983. The summed E-state index contributed by atoms with van der Waals surface area (Å²) >= 11 is 7.65. The van der Waals surface area contributed by atoms with Crippen LogP contribution in [-0.4, -0.2) is 16.3 Å². The lowest BCUT2D eigenvalue weighted by atomic mass is 10.1. The van der Waals surface area contributed by atoms with Gasteiger partial charge in [-0.1, -0.05) is 31.5 Å². The number of hydrogen-bond acceptors (Lipinski definition) is 2. The molecular weight excluding hydrogens is 232 g/mol. The molecule has 1 aromatic rings. The maximum atomic E-state index is 10.7. The number of aromatic carboxylic acids is 1. The lowest BCUT2D eigenvalue weighted by Gasteiger charge is -2.06. The minimum Gasteiger partial charge on any atom is -0.478 e. The molecule has 0 heterocycles. The molecule has 1 N–H and O–H groups in total. The summed E-state index contributed by atoms with van der Waals surface area (Å²) in [4.78, 5) is 10.7. The van der Waals surface area contributed by atoms with Crippen LogP contribution in [0.2, 0.25) is 5.02 Å². The highest BCUT2D eigenvalue weighted by Crippen LogP contribution is 2.22. The summed E-state index contributed by atoms with van der Waals surface area (Å²) in [5.74, 6) is -0.125. The second-order valence-electron chi connectivity index (χ2n) is 3.48. The van der Waals surface area contributed by atoms with E-state index >= 15 is 0 Å². The SMILES string of the molecule is CC(C)SCc1ccc(C(=O)O)c(Cl)c1. The third-order valence-electron chi connectivity index (χ3n) is 1.85. The van der Waals surface area contributed by atoms with Crippen LogP contribution in [0.25, 0.3) is 0 Å². The van der Waals surface area contributed by atoms with Crippen molar-refractivity contribution in [2.24, 2.45) is 0 Å². The summed E-state index contributed by atoms with van der Waals surface area (Å²) in [7, 11) is 0. The summed E-state index contributed by atoms with van der Waals surface area (Å²) < 4.78 is 0. The van der Waals surface area contributed by atoms with E-state index in [0.717, 1.165) is 11.3 Å². The number of carboxylic acids is 1.